The summed E-state index contributed by atoms with van der Waals surface area (Å²) in [4.78, 5) is 0. The summed E-state index contributed by atoms with van der Waals surface area (Å²) in [5.41, 5.74) is 0.763. The zero-order valence-electron chi connectivity index (χ0n) is 7.19. The maximum absolute atomic E-state index is 13.1. The van der Waals surface area contributed by atoms with E-state index in [1.165, 1.54) is 6.07 Å². The first-order chi connectivity index (χ1) is 6.24. The topological polar surface area (TPSA) is 0 Å². The van der Waals surface area contributed by atoms with Gasteiger partial charge in [-0.15, -0.1) is 11.6 Å². The van der Waals surface area contributed by atoms with Crippen molar-refractivity contribution in [2.24, 2.45) is 0 Å². The van der Waals surface area contributed by atoms with Crippen LogP contribution in [0.1, 0.15) is 18.4 Å². The highest BCUT2D eigenvalue weighted by Gasteiger charge is 2.01. The number of hydrogen-bond acceptors (Lipinski definition) is 0. The van der Waals surface area contributed by atoms with E-state index in [4.69, 9.17) is 11.6 Å². The molecule has 0 saturated heterocycles. The molecule has 1 aromatic rings. The van der Waals surface area contributed by atoms with E-state index >= 15 is 0 Å². The van der Waals surface area contributed by atoms with Gasteiger partial charge in [0.2, 0.25) is 0 Å². The van der Waals surface area contributed by atoms with E-state index in [2.05, 4.69) is 15.9 Å². The van der Waals surface area contributed by atoms with Gasteiger partial charge in [-0.3, -0.25) is 0 Å². The summed E-state index contributed by atoms with van der Waals surface area (Å²) >= 11 is 8.85. The predicted molar refractivity (Wildman–Crippen MR) is 57.8 cm³/mol. The summed E-state index contributed by atoms with van der Waals surface area (Å²) in [6.45, 7) is 0. The quantitative estimate of drug-likeness (QED) is 0.567. The van der Waals surface area contributed by atoms with Crippen molar-refractivity contribution >= 4 is 27.5 Å². The molecule has 0 unspecified atom stereocenters. The van der Waals surface area contributed by atoms with E-state index < -0.39 is 0 Å². The van der Waals surface area contributed by atoms with Crippen LogP contribution in [0.5, 0.6) is 0 Å². The third kappa shape index (κ3) is 3.65. The molecular weight excluding hydrogens is 254 g/mol. The maximum atomic E-state index is 13.1. The Labute approximate surface area is 91.2 Å². The Bertz CT molecular complexity index is 276. The molecule has 0 nitrogen and oxygen atoms in total. The molecule has 0 aliphatic rings. The maximum Gasteiger partial charge on any atom is 0.126 e. The molecule has 13 heavy (non-hydrogen) atoms. The van der Waals surface area contributed by atoms with E-state index in [0.29, 0.717) is 5.88 Å². The molecule has 3 heteroatoms. The molecule has 0 bridgehead atoms. The molecule has 0 heterocycles. The molecule has 0 fully saturated rings. The molecule has 1 aromatic carbocycles. The van der Waals surface area contributed by atoms with Crippen molar-refractivity contribution in [3.05, 3.63) is 34.1 Å². The van der Waals surface area contributed by atoms with Crippen LogP contribution in [-0.2, 0) is 6.42 Å². The smallest absolute Gasteiger partial charge is 0.126 e. The van der Waals surface area contributed by atoms with Gasteiger partial charge in [-0.2, -0.15) is 0 Å². The first-order valence-corrected chi connectivity index (χ1v) is 5.56. The summed E-state index contributed by atoms with van der Waals surface area (Å²) in [6, 6.07) is 5.02. The summed E-state index contributed by atoms with van der Waals surface area (Å²) in [5.74, 6) is 0.521. The lowest BCUT2D eigenvalue weighted by Crippen LogP contribution is -1.91. The van der Waals surface area contributed by atoms with E-state index in [1.807, 2.05) is 6.07 Å². The molecule has 0 aromatic heterocycles. The van der Waals surface area contributed by atoms with Crippen LogP contribution in [0.2, 0.25) is 0 Å². The number of rotatable bonds is 4. The lowest BCUT2D eigenvalue weighted by atomic mass is 10.1. The molecule has 0 amide bonds. The number of aryl methyl sites for hydroxylation is 1. The molecular formula is C10H11BrClF. The number of hydrogen-bond donors (Lipinski definition) is 0. The number of unbranched alkanes of at least 4 members (excludes halogenated alkanes) is 1. The van der Waals surface area contributed by atoms with Gasteiger partial charge >= 0.3 is 0 Å². The van der Waals surface area contributed by atoms with Gasteiger partial charge in [0.1, 0.15) is 5.82 Å². The van der Waals surface area contributed by atoms with Crippen LogP contribution in [0.15, 0.2) is 22.7 Å². The fourth-order valence-corrected chi connectivity index (χ4v) is 1.74. The Morgan fingerprint density at radius 1 is 1.31 bits per heavy atom. The first kappa shape index (κ1) is 11.0. The van der Waals surface area contributed by atoms with Crippen LogP contribution in [0.25, 0.3) is 0 Å². The molecule has 0 aliphatic carbocycles. The predicted octanol–water partition coefficient (Wildman–Crippen LogP) is 4.15. The second-order valence-corrected chi connectivity index (χ2v) is 4.18. The van der Waals surface area contributed by atoms with Gasteiger partial charge in [-0.1, -0.05) is 15.9 Å². The van der Waals surface area contributed by atoms with E-state index in [-0.39, 0.29) is 5.82 Å². The zero-order chi connectivity index (χ0) is 9.68. The van der Waals surface area contributed by atoms with Crippen molar-refractivity contribution in [1.82, 2.24) is 0 Å². The van der Waals surface area contributed by atoms with Gasteiger partial charge in [0.15, 0.2) is 0 Å². The molecule has 0 aliphatic heterocycles. The minimum Gasteiger partial charge on any atom is -0.207 e. The lowest BCUT2D eigenvalue weighted by Gasteiger charge is -2.02. The molecule has 0 N–H and O–H groups in total. The fourth-order valence-electron chi connectivity index (χ4n) is 1.14. The minimum absolute atomic E-state index is 0.127. The average Bonchev–Trinajstić information content (AvgIpc) is 2.11. The highest BCUT2D eigenvalue weighted by molar-refractivity contribution is 9.10. The van der Waals surface area contributed by atoms with Gasteiger partial charge in [-0.25, -0.2) is 4.39 Å². The summed E-state index contributed by atoms with van der Waals surface area (Å²) < 4.78 is 14.1. The third-order valence-corrected chi connectivity index (χ3v) is 2.60. The monoisotopic (exact) mass is 264 g/mol. The molecule has 0 radical (unpaired) electrons. The molecule has 0 atom stereocenters. The van der Waals surface area contributed by atoms with Crippen LogP contribution >= 0.6 is 27.5 Å². The number of halogens is 3. The SMILES string of the molecule is Fc1ccc(Br)cc1CCCCCl. The Morgan fingerprint density at radius 3 is 2.77 bits per heavy atom. The van der Waals surface area contributed by atoms with Crippen molar-refractivity contribution in [3.8, 4) is 0 Å². The molecule has 0 saturated carbocycles. The fraction of sp³-hybridized carbons (Fsp3) is 0.400. The first-order valence-electron chi connectivity index (χ1n) is 4.24. The Kier molecular flexibility index (Phi) is 4.74. The number of benzene rings is 1. The van der Waals surface area contributed by atoms with E-state index in [9.17, 15) is 4.39 Å². The van der Waals surface area contributed by atoms with Gasteiger partial charge in [0.05, 0.1) is 0 Å². The largest absolute Gasteiger partial charge is 0.207 e. The van der Waals surface area contributed by atoms with Gasteiger partial charge in [0, 0.05) is 10.4 Å². The van der Waals surface area contributed by atoms with Crippen molar-refractivity contribution < 1.29 is 4.39 Å². The lowest BCUT2D eigenvalue weighted by molar-refractivity contribution is 0.603. The van der Waals surface area contributed by atoms with Crippen LogP contribution in [0.3, 0.4) is 0 Å². The second-order valence-electron chi connectivity index (χ2n) is 2.88. The normalized spacial score (nSPS) is 10.4. The minimum atomic E-state index is -0.127. The summed E-state index contributed by atoms with van der Waals surface area (Å²) in [7, 11) is 0. The van der Waals surface area contributed by atoms with Crippen LogP contribution in [0.4, 0.5) is 4.39 Å². The van der Waals surface area contributed by atoms with Crippen molar-refractivity contribution in [2.75, 3.05) is 5.88 Å². The third-order valence-electron chi connectivity index (χ3n) is 1.84. The van der Waals surface area contributed by atoms with E-state index in [1.54, 1.807) is 6.07 Å². The highest BCUT2D eigenvalue weighted by Crippen LogP contribution is 2.17. The van der Waals surface area contributed by atoms with Crippen molar-refractivity contribution in [3.63, 3.8) is 0 Å². The summed E-state index contributed by atoms with van der Waals surface area (Å²) in [6.07, 6.45) is 2.64. The average molecular weight is 266 g/mol. The Balaban J connectivity index is 2.59. The van der Waals surface area contributed by atoms with Crippen molar-refractivity contribution in [1.29, 1.82) is 0 Å². The van der Waals surface area contributed by atoms with Gasteiger partial charge in [0.25, 0.3) is 0 Å². The standard InChI is InChI=1S/C10H11BrClF/c11-9-4-5-10(13)8(7-9)3-1-2-6-12/h4-5,7H,1-3,6H2. The number of alkyl halides is 1. The Morgan fingerprint density at radius 2 is 2.08 bits per heavy atom. The second kappa shape index (κ2) is 5.61. The molecule has 72 valence electrons. The van der Waals surface area contributed by atoms with Crippen LogP contribution < -0.4 is 0 Å². The molecule has 0 spiro atoms. The van der Waals surface area contributed by atoms with Crippen LogP contribution in [-0.4, -0.2) is 5.88 Å². The van der Waals surface area contributed by atoms with Crippen molar-refractivity contribution in [2.45, 2.75) is 19.3 Å². The van der Waals surface area contributed by atoms with E-state index in [0.717, 1.165) is 29.3 Å². The molecule has 1 rings (SSSR count). The van der Waals surface area contributed by atoms with Gasteiger partial charge in [-0.05, 0) is 43.0 Å². The highest BCUT2D eigenvalue weighted by atomic mass is 79.9. The van der Waals surface area contributed by atoms with Gasteiger partial charge < -0.3 is 0 Å². The Hall–Kier alpha value is -0.0800. The zero-order valence-corrected chi connectivity index (χ0v) is 9.54. The van der Waals surface area contributed by atoms with Crippen LogP contribution in [0, 0.1) is 5.82 Å². The summed E-state index contributed by atoms with van der Waals surface area (Å²) in [5, 5.41) is 0.